The van der Waals surface area contributed by atoms with Crippen molar-refractivity contribution < 1.29 is 19.1 Å². The number of hydrogen-bond acceptors (Lipinski definition) is 4. The van der Waals surface area contributed by atoms with Gasteiger partial charge >= 0.3 is 5.97 Å². The smallest absolute Gasteiger partial charge is 0.311 e. The number of amides is 1. The molecule has 2 rings (SSSR count). The summed E-state index contributed by atoms with van der Waals surface area (Å²) >= 11 is 0. The first-order valence-corrected chi connectivity index (χ1v) is 8.62. The zero-order chi connectivity index (χ0) is 19.1. The summed E-state index contributed by atoms with van der Waals surface area (Å²) in [5.41, 5.74) is 2.64. The van der Waals surface area contributed by atoms with Gasteiger partial charge in [-0.15, -0.1) is 0 Å². The molecule has 0 unspecified atom stereocenters. The van der Waals surface area contributed by atoms with Gasteiger partial charge in [0.15, 0.2) is 6.10 Å². The van der Waals surface area contributed by atoms with Crippen LogP contribution in [-0.4, -0.2) is 25.1 Å². The van der Waals surface area contributed by atoms with Crippen LogP contribution < -0.4 is 10.1 Å². The van der Waals surface area contributed by atoms with Crippen LogP contribution in [0.2, 0.25) is 0 Å². The summed E-state index contributed by atoms with van der Waals surface area (Å²) in [4.78, 5) is 24.3. The van der Waals surface area contributed by atoms with Crippen molar-refractivity contribution >= 4 is 17.6 Å². The Morgan fingerprint density at radius 1 is 1.04 bits per heavy atom. The summed E-state index contributed by atoms with van der Waals surface area (Å²) in [6, 6.07) is 14.8. The second kappa shape index (κ2) is 9.04. The highest BCUT2D eigenvalue weighted by atomic mass is 16.5. The maximum absolute atomic E-state index is 12.2. The number of rotatable bonds is 7. The highest BCUT2D eigenvalue weighted by Crippen LogP contribution is 2.17. The fourth-order valence-corrected chi connectivity index (χ4v) is 2.44. The number of nitrogens with one attached hydrogen (secondary N) is 1. The summed E-state index contributed by atoms with van der Waals surface area (Å²) < 4.78 is 10.4. The third-order valence-corrected chi connectivity index (χ3v) is 4.00. The normalized spacial score (nSPS) is 11.7. The summed E-state index contributed by atoms with van der Waals surface area (Å²) in [7, 11) is 1.57. The highest BCUT2D eigenvalue weighted by molar-refractivity contribution is 5.95. The molecule has 0 saturated heterocycles. The first kappa shape index (κ1) is 19.5. The van der Waals surface area contributed by atoms with Crippen molar-refractivity contribution in [3.8, 4) is 5.75 Å². The Kier molecular flexibility index (Phi) is 6.78. The van der Waals surface area contributed by atoms with Gasteiger partial charge in [-0.1, -0.05) is 38.1 Å². The zero-order valence-electron chi connectivity index (χ0n) is 15.6. The number of methoxy groups -OCH3 is 1. The summed E-state index contributed by atoms with van der Waals surface area (Å²) in [6.07, 6.45) is -0.796. The number of esters is 1. The average molecular weight is 355 g/mol. The van der Waals surface area contributed by atoms with Gasteiger partial charge in [0.25, 0.3) is 5.91 Å². The second-order valence-corrected chi connectivity index (χ2v) is 6.43. The summed E-state index contributed by atoms with van der Waals surface area (Å²) in [6.45, 7) is 5.77. The first-order valence-electron chi connectivity index (χ1n) is 8.62. The maximum Gasteiger partial charge on any atom is 0.311 e. The third kappa shape index (κ3) is 5.62. The minimum absolute atomic E-state index is 0.0813. The molecule has 0 aliphatic rings. The van der Waals surface area contributed by atoms with E-state index in [1.165, 1.54) is 5.56 Å². The number of carbonyl (C=O) groups excluding carboxylic acids is 2. The van der Waals surface area contributed by atoms with Gasteiger partial charge in [0.2, 0.25) is 0 Å². The monoisotopic (exact) mass is 355 g/mol. The maximum atomic E-state index is 12.2. The minimum Gasteiger partial charge on any atom is -0.497 e. The lowest BCUT2D eigenvalue weighted by molar-refractivity contribution is -0.152. The summed E-state index contributed by atoms with van der Waals surface area (Å²) in [5, 5.41) is 2.76. The van der Waals surface area contributed by atoms with E-state index >= 15 is 0 Å². The quantitative estimate of drug-likeness (QED) is 0.764. The van der Waals surface area contributed by atoms with Crippen LogP contribution >= 0.6 is 0 Å². The van der Waals surface area contributed by atoms with E-state index in [0.29, 0.717) is 17.4 Å². The molecular formula is C21H25NO4. The molecule has 0 aliphatic heterocycles. The number of hydrogen-bond donors (Lipinski definition) is 1. The van der Waals surface area contributed by atoms with Crippen molar-refractivity contribution in [1.29, 1.82) is 0 Å². The van der Waals surface area contributed by atoms with Gasteiger partial charge in [-0.25, -0.2) is 0 Å². The predicted molar refractivity (Wildman–Crippen MR) is 101 cm³/mol. The van der Waals surface area contributed by atoms with E-state index in [1.807, 2.05) is 30.3 Å². The van der Waals surface area contributed by atoms with Gasteiger partial charge in [-0.05, 0) is 48.2 Å². The molecule has 2 aromatic rings. The molecule has 0 radical (unpaired) electrons. The molecular weight excluding hydrogens is 330 g/mol. The second-order valence-electron chi connectivity index (χ2n) is 6.43. The van der Waals surface area contributed by atoms with Crippen molar-refractivity contribution in [2.75, 3.05) is 12.4 Å². The Balaban J connectivity index is 1.88. The topological polar surface area (TPSA) is 64.6 Å². The van der Waals surface area contributed by atoms with E-state index in [4.69, 9.17) is 9.47 Å². The van der Waals surface area contributed by atoms with Crippen LogP contribution in [0.4, 0.5) is 5.69 Å². The molecule has 0 aromatic heterocycles. The molecule has 5 nitrogen and oxygen atoms in total. The van der Waals surface area contributed by atoms with Gasteiger partial charge < -0.3 is 14.8 Å². The lowest BCUT2D eigenvalue weighted by Gasteiger charge is -2.14. The number of benzene rings is 2. The van der Waals surface area contributed by atoms with E-state index in [-0.39, 0.29) is 12.3 Å². The summed E-state index contributed by atoms with van der Waals surface area (Å²) in [5.74, 6) is 0.277. The molecule has 0 heterocycles. The molecule has 0 aliphatic carbocycles. The first-order chi connectivity index (χ1) is 12.4. The van der Waals surface area contributed by atoms with Gasteiger partial charge in [0.05, 0.1) is 13.5 Å². The Labute approximate surface area is 154 Å². The van der Waals surface area contributed by atoms with E-state index in [9.17, 15) is 9.59 Å². The molecule has 26 heavy (non-hydrogen) atoms. The Hall–Kier alpha value is -2.82. The molecule has 1 amide bonds. The molecule has 1 N–H and O–H groups in total. The van der Waals surface area contributed by atoms with Crippen LogP contribution in [0.1, 0.15) is 37.8 Å². The number of anilines is 1. The van der Waals surface area contributed by atoms with Crippen LogP contribution in [0.3, 0.4) is 0 Å². The van der Waals surface area contributed by atoms with Gasteiger partial charge in [0, 0.05) is 5.69 Å². The van der Waals surface area contributed by atoms with Crippen molar-refractivity contribution in [3.63, 3.8) is 0 Å². The molecule has 1 atom stereocenters. The molecule has 5 heteroatoms. The van der Waals surface area contributed by atoms with E-state index < -0.39 is 12.1 Å². The number of carbonyl (C=O) groups is 2. The average Bonchev–Trinajstić information content (AvgIpc) is 2.62. The SMILES string of the molecule is COc1cccc(CC(=O)O[C@H](C)C(=O)Nc2ccc(C(C)C)cc2)c1. The van der Waals surface area contributed by atoms with Crippen LogP contribution in [0.25, 0.3) is 0 Å². The fraction of sp³-hybridized carbons (Fsp3) is 0.333. The fourth-order valence-electron chi connectivity index (χ4n) is 2.44. The Morgan fingerprint density at radius 2 is 1.73 bits per heavy atom. The van der Waals surface area contributed by atoms with Gasteiger partial charge in [-0.3, -0.25) is 9.59 Å². The molecule has 138 valence electrons. The van der Waals surface area contributed by atoms with E-state index in [1.54, 1.807) is 32.2 Å². The van der Waals surface area contributed by atoms with Crippen LogP contribution in [-0.2, 0) is 20.7 Å². The Morgan fingerprint density at radius 3 is 2.35 bits per heavy atom. The van der Waals surface area contributed by atoms with Crippen molar-refractivity contribution in [3.05, 3.63) is 59.7 Å². The molecule has 0 fully saturated rings. The molecule has 0 saturated carbocycles. The number of ether oxygens (including phenoxy) is 2. The van der Waals surface area contributed by atoms with Crippen molar-refractivity contribution in [1.82, 2.24) is 0 Å². The van der Waals surface area contributed by atoms with E-state index in [0.717, 1.165) is 5.56 Å². The molecule has 0 bridgehead atoms. The lowest BCUT2D eigenvalue weighted by atomic mass is 10.0. The predicted octanol–water partition coefficient (Wildman–Crippen LogP) is 3.93. The highest BCUT2D eigenvalue weighted by Gasteiger charge is 2.18. The Bertz CT molecular complexity index is 753. The molecule has 2 aromatic carbocycles. The standard InChI is InChI=1S/C21H25NO4/c1-14(2)17-8-10-18(11-9-17)22-21(24)15(3)26-20(23)13-16-6-5-7-19(12-16)25-4/h5-12,14-15H,13H2,1-4H3,(H,22,24)/t15-/m1/s1. The van der Waals surface area contributed by atoms with Crippen molar-refractivity contribution in [2.24, 2.45) is 0 Å². The molecule has 0 spiro atoms. The van der Waals surface area contributed by atoms with Crippen molar-refractivity contribution in [2.45, 2.75) is 39.2 Å². The largest absolute Gasteiger partial charge is 0.497 e. The van der Waals surface area contributed by atoms with E-state index in [2.05, 4.69) is 19.2 Å². The van der Waals surface area contributed by atoms with Gasteiger partial charge in [0.1, 0.15) is 5.75 Å². The van der Waals surface area contributed by atoms with Crippen LogP contribution in [0, 0.1) is 0 Å². The van der Waals surface area contributed by atoms with Gasteiger partial charge in [-0.2, -0.15) is 0 Å². The zero-order valence-corrected chi connectivity index (χ0v) is 15.6. The third-order valence-electron chi connectivity index (χ3n) is 4.00. The minimum atomic E-state index is -0.877. The van der Waals surface area contributed by atoms with Crippen LogP contribution in [0.15, 0.2) is 48.5 Å². The lowest BCUT2D eigenvalue weighted by Crippen LogP contribution is -2.30. The van der Waals surface area contributed by atoms with Crippen LogP contribution in [0.5, 0.6) is 5.75 Å².